The maximum atomic E-state index is 11.8. The van der Waals surface area contributed by atoms with E-state index >= 15 is 0 Å². The van der Waals surface area contributed by atoms with E-state index in [9.17, 15) is 13.2 Å². The average molecular weight is 284 g/mol. The molecule has 0 aromatic heterocycles. The lowest BCUT2D eigenvalue weighted by molar-refractivity contribution is -0.176. The summed E-state index contributed by atoms with van der Waals surface area (Å²) in [6.07, 6.45) is -4.29. The number of anilines is 1. The molecule has 0 spiro atoms. The Hall–Kier alpha value is -0.750. The molecular weight excluding hydrogens is 275 g/mol. The van der Waals surface area contributed by atoms with E-state index in [0.29, 0.717) is 15.7 Å². The smallest absolute Gasteiger partial charge is 0.399 e. The molecule has 0 aliphatic rings. The maximum absolute atomic E-state index is 11.8. The van der Waals surface area contributed by atoms with Crippen LogP contribution in [0, 0.1) is 0 Å². The molecular formula is C9H9BrF3NO. The van der Waals surface area contributed by atoms with Gasteiger partial charge in [-0.25, -0.2) is 0 Å². The maximum Gasteiger partial charge on any atom is 0.411 e. The minimum absolute atomic E-state index is 0.108. The number of nitrogens with two attached hydrogens (primary N) is 1. The number of benzene rings is 1. The monoisotopic (exact) mass is 283 g/mol. The van der Waals surface area contributed by atoms with Gasteiger partial charge in [-0.3, -0.25) is 0 Å². The van der Waals surface area contributed by atoms with Crippen LogP contribution in [0.1, 0.15) is 5.56 Å². The second-order valence-corrected chi connectivity index (χ2v) is 3.92. The van der Waals surface area contributed by atoms with Gasteiger partial charge in [-0.1, -0.05) is 15.9 Å². The van der Waals surface area contributed by atoms with Gasteiger partial charge in [0.05, 0.1) is 6.61 Å². The van der Waals surface area contributed by atoms with E-state index in [4.69, 9.17) is 5.73 Å². The molecule has 0 fully saturated rings. The SMILES string of the molecule is Nc1cc(Br)cc(COCC(F)(F)F)c1. The van der Waals surface area contributed by atoms with Crippen LogP contribution in [0.2, 0.25) is 0 Å². The van der Waals surface area contributed by atoms with Gasteiger partial charge < -0.3 is 10.5 Å². The minimum Gasteiger partial charge on any atom is -0.399 e. The van der Waals surface area contributed by atoms with Crippen LogP contribution in [0.25, 0.3) is 0 Å². The Kier molecular flexibility index (Phi) is 3.98. The highest BCUT2D eigenvalue weighted by Gasteiger charge is 2.27. The molecule has 0 amide bonds. The number of halogens is 4. The molecule has 0 saturated heterocycles. The van der Waals surface area contributed by atoms with Gasteiger partial charge in [-0.05, 0) is 23.8 Å². The van der Waals surface area contributed by atoms with Gasteiger partial charge >= 0.3 is 6.18 Å². The quantitative estimate of drug-likeness (QED) is 0.865. The summed E-state index contributed by atoms with van der Waals surface area (Å²) >= 11 is 3.19. The number of nitrogen functional groups attached to an aromatic ring is 1. The Bertz CT molecular complexity index is 320. The van der Waals surface area contributed by atoms with Crippen molar-refractivity contribution in [3.63, 3.8) is 0 Å². The van der Waals surface area contributed by atoms with Crippen LogP contribution < -0.4 is 5.73 Å². The lowest BCUT2D eigenvalue weighted by Crippen LogP contribution is -2.16. The first-order valence-electron chi connectivity index (χ1n) is 4.06. The first-order valence-corrected chi connectivity index (χ1v) is 4.85. The normalized spacial score (nSPS) is 11.7. The molecule has 1 aromatic rings. The van der Waals surface area contributed by atoms with Gasteiger partial charge in [-0.15, -0.1) is 0 Å². The largest absolute Gasteiger partial charge is 0.411 e. The van der Waals surface area contributed by atoms with E-state index in [2.05, 4.69) is 20.7 Å². The lowest BCUT2D eigenvalue weighted by atomic mass is 10.2. The van der Waals surface area contributed by atoms with Crippen molar-refractivity contribution in [1.82, 2.24) is 0 Å². The molecule has 0 bridgehead atoms. The summed E-state index contributed by atoms with van der Waals surface area (Å²) in [6.45, 7) is -1.36. The minimum atomic E-state index is -4.29. The predicted molar refractivity (Wildman–Crippen MR) is 54.3 cm³/mol. The fraction of sp³-hybridized carbons (Fsp3) is 0.333. The third-order valence-electron chi connectivity index (χ3n) is 1.51. The summed E-state index contributed by atoms with van der Waals surface area (Å²) in [5.74, 6) is 0. The molecule has 15 heavy (non-hydrogen) atoms. The van der Waals surface area contributed by atoms with Gasteiger partial charge in [0.1, 0.15) is 6.61 Å². The molecule has 0 heterocycles. The molecule has 0 unspecified atom stereocenters. The molecule has 0 radical (unpaired) electrons. The van der Waals surface area contributed by atoms with Crippen LogP contribution in [0.4, 0.5) is 18.9 Å². The molecule has 0 aliphatic heterocycles. The topological polar surface area (TPSA) is 35.2 Å². The number of hydrogen-bond donors (Lipinski definition) is 1. The summed E-state index contributed by atoms with van der Waals surface area (Å²) in [5.41, 5.74) is 6.59. The zero-order valence-electron chi connectivity index (χ0n) is 7.64. The van der Waals surface area contributed by atoms with Crippen LogP contribution in [0.15, 0.2) is 22.7 Å². The Morgan fingerprint density at radius 1 is 1.27 bits per heavy atom. The molecule has 2 N–H and O–H groups in total. The van der Waals surface area contributed by atoms with Crippen molar-refractivity contribution in [1.29, 1.82) is 0 Å². The van der Waals surface area contributed by atoms with Crippen molar-refractivity contribution in [2.75, 3.05) is 12.3 Å². The third-order valence-corrected chi connectivity index (χ3v) is 1.97. The first-order chi connectivity index (χ1) is 6.87. The van der Waals surface area contributed by atoms with Crippen molar-refractivity contribution >= 4 is 21.6 Å². The summed E-state index contributed by atoms with van der Waals surface area (Å²) in [7, 11) is 0. The van der Waals surface area contributed by atoms with E-state index in [1.165, 1.54) is 0 Å². The average Bonchev–Trinajstić information content (AvgIpc) is 1.99. The van der Waals surface area contributed by atoms with Crippen molar-refractivity contribution in [3.05, 3.63) is 28.2 Å². The summed E-state index contributed by atoms with van der Waals surface area (Å²) in [4.78, 5) is 0. The molecule has 0 saturated carbocycles. The molecule has 6 heteroatoms. The number of alkyl halides is 3. The molecule has 84 valence electrons. The zero-order chi connectivity index (χ0) is 11.5. The fourth-order valence-electron chi connectivity index (χ4n) is 1.04. The van der Waals surface area contributed by atoms with Gasteiger partial charge in [0.25, 0.3) is 0 Å². The summed E-state index contributed by atoms with van der Waals surface area (Å²) in [6, 6.07) is 4.89. The lowest BCUT2D eigenvalue weighted by Gasteiger charge is -2.08. The van der Waals surface area contributed by atoms with Crippen LogP contribution in [-0.2, 0) is 11.3 Å². The van der Waals surface area contributed by atoms with Crippen LogP contribution in [0.5, 0.6) is 0 Å². The van der Waals surface area contributed by atoms with Crippen molar-refractivity contribution in [3.8, 4) is 0 Å². The van der Waals surface area contributed by atoms with Gasteiger partial charge in [0.15, 0.2) is 0 Å². The highest BCUT2D eigenvalue weighted by Crippen LogP contribution is 2.19. The van der Waals surface area contributed by atoms with E-state index in [1.807, 2.05) is 0 Å². The first kappa shape index (κ1) is 12.3. The molecule has 2 nitrogen and oxygen atoms in total. The van der Waals surface area contributed by atoms with E-state index in [0.717, 1.165) is 0 Å². The Morgan fingerprint density at radius 3 is 2.47 bits per heavy atom. The Morgan fingerprint density at radius 2 is 1.93 bits per heavy atom. The molecule has 0 aliphatic carbocycles. The van der Waals surface area contributed by atoms with Crippen LogP contribution >= 0.6 is 15.9 Å². The van der Waals surface area contributed by atoms with Crippen molar-refractivity contribution < 1.29 is 17.9 Å². The van der Waals surface area contributed by atoms with Crippen LogP contribution in [-0.4, -0.2) is 12.8 Å². The number of ether oxygens (including phenoxy) is 1. The van der Waals surface area contributed by atoms with Gasteiger partial charge in [0.2, 0.25) is 0 Å². The second kappa shape index (κ2) is 4.85. The summed E-state index contributed by atoms with van der Waals surface area (Å²) < 4.78 is 40.5. The predicted octanol–water partition coefficient (Wildman–Crippen LogP) is 3.11. The second-order valence-electron chi connectivity index (χ2n) is 3.00. The standard InChI is InChI=1S/C9H9BrF3NO/c10-7-1-6(2-8(14)3-7)4-15-5-9(11,12)13/h1-3H,4-5,14H2. The van der Waals surface area contributed by atoms with E-state index < -0.39 is 12.8 Å². The molecule has 0 atom stereocenters. The molecule has 1 aromatic carbocycles. The highest BCUT2D eigenvalue weighted by molar-refractivity contribution is 9.10. The third kappa shape index (κ3) is 5.03. The zero-order valence-corrected chi connectivity index (χ0v) is 9.23. The van der Waals surface area contributed by atoms with Crippen molar-refractivity contribution in [2.45, 2.75) is 12.8 Å². The summed E-state index contributed by atoms with van der Waals surface area (Å²) in [5, 5.41) is 0. The van der Waals surface area contributed by atoms with Crippen LogP contribution in [0.3, 0.4) is 0 Å². The molecule has 1 rings (SSSR count). The Labute approximate surface area is 93.3 Å². The fourth-order valence-corrected chi connectivity index (χ4v) is 1.60. The van der Waals surface area contributed by atoms with Gasteiger partial charge in [0, 0.05) is 10.2 Å². The number of rotatable bonds is 3. The number of hydrogen-bond acceptors (Lipinski definition) is 2. The van der Waals surface area contributed by atoms with E-state index in [-0.39, 0.29) is 6.61 Å². The van der Waals surface area contributed by atoms with Gasteiger partial charge in [-0.2, -0.15) is 13.2 Å². The highest BCUT2D eigenvalue weighted by atomic mass is 79.9. The Balaban J connectivity index is 2.51. The van der Waals surface area contributed by atoms with Crippen molar-refractivity contribution in [2.24, 2.45) is 0 Å². The van der Waals surface area contributed by atoms with E-state index in [1.54, 1.807) is 18.2 Å².